The molecule has 0 bridgehead atoms. The van der Waals surface area contributed by atoms with E-state index in [0.717, 1.165) is 31.5 Å². The molecule has 2 N–H and O–H groups in total. The third kappa shape index (κ3) is 3.33. The highest BCUT2D eigenvalue weighted by molar-refractivity contribution is 5.76. The van der Waals surface area contributed by atoms with Crippen molar-refractivity contribution in [2.24, 2.45) is 11.7 Å². The highest BCUT2D eigenvalue weighted by atomic mass is 16.5. The number of nitrogens with zero attached hydrogens (tertiary/aromatic N) is 3. The van der Waals surface area contributed by atoms with E-state index in [1.54, 1.807) is 0 Å². The van der Waals surface area contributed by atoms with E-state index in [2.05, 4.69) is 15.0 Å². The summed E-state index contributed by atoms with van der Waals surface area (Å²) in [6.45, 7) is 4.32. The number of benzene rings is 1. The molecule has 2 aromatic rings. The van der Waals surface area contributed by atoms with Crippen LogP contribution in [0.4, 0.5) is 0 Å². The molecule has 116 valence electrons. The third-order valence-electron chi connectivity index (χ3n) is 4.13. The number of hydrogen-bond donors (Lipinski definition) is 1. The van der Waals surface area contributed by atoms with Crippen LogP contribution in [0.2, 0.25) is 0 Å². The summed E-state index contributed by atoms with van der Waals surface area (Å²) < 4.78 is 5.33. The van der Waals surface area contributed by atoms with Crippen molar-refractivity contribution < 1.29 is 9.32 Å². The minimum absolute atomic E-state index is 0.00190. The molecule has 1 aromatic heterocycles. The lowest BCUT2D eigenvalue weighted by molar-refractivity contribution is -0.123. The van der Waals surface area contributed by atoms with E-state index in [1.807, 2.05) is 31.2 Å². The van der Waals surface area contributed by atoms with Crippen molar-refractivity contribution in [2.75, 3.05) is 13.1 Å². The number of carbonyl (C=O) groups excluding carboxylic acids is 1. The van der Waals surface area contributed by atoms with Gasteiger partial charge in [0.15, 0.2) is 0 Å². The Kier molecular flexibility index (Phi) is 4.20. The van der Waals surface area contributed by atoms with Gasteiger partial charge in [0, 0.05) is 11.5 Å². The van der Waals surface area contributed by atoms with E-state index in [9.17, 15) is 4.79 Å². The van der Waals surface area contributed by atoms with Crippen LogP contribution in [-0.4, -0.2) is 34.0 Å². The molecule has 1 amide bonds. The summed E-state index contributed by atoms with van der Waals surface area (Å²) in [5, 5.41) is 4.04. The van der Waals surface area contributed by atoms with Gasteiger partial charge in [-0.1, -0.05) is 35.0 Å². The molecular formula is C16H20N4O2. The minimum Gasteiger partial charge on any atom is -0.369 e. The molecule has 1 fully saturated rings. The first kappa shape index (κ1) is 14.7. The van der Waals surface area contributed by atoms with Crippen molar-refractivity contribution in [2.45, 2.75) is 26.3 Å². The zero-order valence-electron chi connectivity index (χ0n) is 12.7. The number of amides is 1. The summed E-state index contributed by atoms with van der Waals surface area (Å²) in [7, 11) is 0. The van der Waals surface area contributed by atoms with Crippen LogP contribution in [0, 0.1) is 12.8 Å². The molecule has 1 aliphatic rings. The Bertz CT molecular complexity index is 642. The number of aryl methyl sites for hydroxylation is 1. The Morgan fingerprint density at radius 3 is 2.64 bits per heavy atom. The number of rotatable bonds is 4. The predicted octanol–water partition coefficient (Wildman–Crippen LogP) is 1.74. The Labute approximate surface area is 129 Å². The van der Waals surface area contributed by atoms with Gasteiger partial charge in [0.1, 0.15) is 0 Å². The smallest absolute Gasteiger partial charge is 0.241 e. The van der Waals surface area contributed by atoms with Gasteiger partial charge >= 0.3 is 0 Å². The van der Waals surface area contributed by atoms with Crippen LogP contribution in [-0.2, 0) is 11.3 Å². The largest absolute Gasteiger partial charge is 0.369 e. The highest BCUT2D eigenvalue weighted by Gasteiger charge is 2.24. The highest BCUT2D eigenvalue weighted by Crippen LogP contribution is 2.20. The lowest BCUT2D eigenvalue weighted by Gasteiger charge is -2.29. The van der Waals surface area contributed by atoms with Gasteiger partial charge in [-0.15, -0.1) is 0 Å². The second kappa shape index (κ2) is 6.27. The fourth-order valence-corrected chi connectivity index (χ4v) is 2.71. The van der Waals surface area contributed by atoms with E-state index in [0.29, 0.717) is 18.3 Å². The van der Waals surface area contributed by atoms with Crippen LogP contribution in [0.3, 0.4) is 0 Å². The maximum Gasteiger partial charge on any atom is 0.241 e. The van der Waals surface area contributed by atoms with Crippen LogP contribution in [0.1, 0.15) is 24.3 Å². The molecule has 0 radical (unpaired) electrons. The fraction of sp³-hybridized carbons (Fsp3) is 0.438. The van der Waals surface area contributed by atoms with Gasteiger partial charge in [-0.2, -0.15) is 4.98 Å². The second-order valence-corrected chi connectivity index (χ2v) is 5.83. The molecule has 6 heteroatoms. The first-order chi connectivity index (χ1) is 10.6. The summed E-state index contributed by atoms with van der Waals surface area (Å²) in [5.74, 6) is 1.02. The van der Waals surface area contributed by atoms with Crippen molar-refractivity contribution in [3.8, 4) is 11.4 Å². The molecule has 1 saturated heterocycles. The van der Waals surface area contributed by atoms with Crippen molar-refractivity contribution in [1.82, 2.24) is 15.0 Å². The summed E-state index contributed by atoms with van der Waals surface area (Å²) >= 11 is 0. The first-order valence-corrected chi connectivity index (χ1v) is 7.53. The molecule has 2 heterocycles. The molecule has 6 nitrogen and oxygen atoms in total. The lowest BCUT2D eigenvalue weighted by Crippen LogP contribution is -2.38. The summed E-state index contributed by atoms with van der Waals surface area (Å²) in [5.41, 5.74) is 7.50. The number of hydrogen-bond acceptors (Lipinski definition) is 5. The van der Waals surface area contributed by atoms with Gasteiger partial charge in [0.25, 0.3) is 0 Å². The lowest BCUT2D eigenvalue weighted by atomic mass is 9.96. The number of nitrogens with two attached hydrogens (primary N) is 1. The van der Waals surface area contributed by atoms with E-state index >= 15 is 0 Å². The van der Waals surface area contributed by atoms with E-state index in [4.69, 9.17) is 10.3 Å². The van der Waals surface area contributed by atoms with Crippen LogP contribution >= 0.6 is 0 Å². The molecular weight excluding hydrogens is 280 g/mol. The third-order valence-corrected chi connectivity index (χ3v) is 4.13. The Hall–Kier alpha value is -2.21. The molecule has 3 rings (SSSR count). The number of aromatic nitrogens is 2. The normalized spacial score (nSPS) is 16.8. The fourth-order valence-electron chi connectivity index (χ4n) is 2.71. The quantitative estimate of drug-likeness (QED) is 0.929. The Balaban J connectivity index is 1.60. The van der Waals surface area contributed by atoms with Crippen molar-refractivity contribution >= 4 is 5.91 Å². The Morgan fingerprint density at radius 2 is 2.00 bits per heavy atom. The number of carbonyl (C=O) groups is 1. The van der Waals surface area contributed by atoms with Gasteiger partial charge < -0.3 is 10.3 Å². The molecule has 1 aliphatic heterocycles. The van der Waals surface area contributed by atoms with Crippen molar-refractivity contribution in [3.05, 3.63) is 35.7 Å². The SMILES string of the molecule is Cc1ccc(-c2noc(CN3CCC(C(N)=O)CC3)n2)cc1. The summed E-state index contributed by atoms with van der Waals surface area (Å²) in [4.78, 5) is 17.8. The Morgan fingerprint density at radius 1 is 1.32 bits per heavy atom. The van der Waals surface area contributed by atoms with Crippen molar-refractivity contribution in [3.63, 3.8) is 0 Å². The first-order valence-electron chi connectivity index (χ1n) is 7.53. The van der Waals surface area contributed by atoms with E-state index in [-0.39, 0.29) is 11.8 Å². The summed E-state index contributed by atoms with van der Waals surface area (Å²) in [6.07, 6.45) is 1.60. The van der Waals surface area contributed by atoms with Crippen LogP contribution in [0.25, 0.3) is 11.4 Å². The zero-order valence-corrected chi connectivity index (χ0v) is 12.7. The van der Waals surface area contributed by atoms with Gasteiger partial charge in [-0.25, -0.2) is 0 Å². The van der Waals surface area contributed by atoms with Crippen LogP contribution in [0.5, 0.6) is 0 Å². The zero-order chi connectivity index (χ0) is 15.5. The van der Waals surface area contributed by atoms with Gasteiger partial charge in [0.05, 0.1) is 6.54 Å². The van der Waals surface area contributed by atoms with Gasteiger partial charge in [-0.3, -0.25) is 9.69 Å². The monoisotopic (exact) mass is 300 g/mol. The molecule has 22 heavy (non-hydrogen) atoms. The average molecular weight is 300 g/mol. The molecule has 1 aromatic carbocycles. The minimum atomic E-state index is -0.195. The maximum atomic E-state index is 11.2. The van der Waals surface area contributed by atoms with Gasteiger partial charge in [0.2, 0.25) is 17.6 Å². The van der Waals surface area contributed by atoms with Crippen LogP contribution in [0.15, 0.2) is 28.8 Å². The van der Waals surface area contributed by atoms with Crippen molar-refractivity contribution in [1.29, 1.82) is 0 Å². The van der Waals surface area contributed by atoms with E-state index in [1.165, 1.54) is 5.56 Å². The number of piperidine rings is 1. The summed E-state index contributed by atoms with van der Waals surface area (Å²) in [6, 6.07) is 8.03. The van der Waals surface area contributed by atoms with Gasteiger partial charge in [-0.05, 0) is 32.9 Å². The molecule has 0 aliphatic carbocycles. The van der Waals surface area contributed by atoms with E-state index < -0.39 is 0 Å². The molecule has 0 saturated carbocycles. The van der Waals surface area contributed by atoms with Crippen LogP contribution < -0.4 is 5.73 Å². The predicted molar refractivity (Wildman–Crippen MR) is 81.7 cm³/mol. The molecule has 0 spiro atoms. The molecule has 0 atom stereocenters. The number of likely N-dealkylation sites (tertiary alicyclic amines) is 1. The second-order valence-electron chi connectivity index (χ2n) is 5.83. The molecule has 0 unspecified atom stereocenters. The number of primary amides is 1. The standard InChI is InChI=1S/C16H20N4O2/c1-11-2-4-13(5-3-11)16-18-14(22-19-16)10-20-8-6-12(7-9-20)15(17)21/h2-5,12H,6-10H2,1H3,(H2,17,21). The maximum absolute atomic E-state index is 11.2. The average Bonchev–Trinajstić information content (AvgIpc) is 2.97. The topological polar surface area (TPSA) is 85.3 Å².